The maximum atomic E-state index is 6.46. The van der Waals surface area contributed by atoms with Gasteiger partial charge in [0.2, 0.25) is 0 Å². The summed E-state index contributed by atoms with van der Waals surface area (Å²) in [6.07, 6.45) is 2.54. The number of hydrogen-bond acceptors (Lipinski definition) is 3. The first-order valence-electron chi connectivity index (χ1n) is 8.52. The fraction of sp³-hybridized carbons (Fsp3) is 0.400. The molecule has 0 saturated heterocycles. The van der Waals surface area contributed by atoms with Gasteiger partial charge in [0, 0.05) is 12.6 Å². The summed E-state index contributed by atoms with van der Waals surface area (Å²) >= 11 is 6.46. The molecule has 1 saturated carbocycles. The highest BCUT2D eigenvalue weighted by atomic mass is 35.5. The number of nitrogens with one attached hydrogen (secondary N) is 1. The summed E-state index contributed by atoms with van der Waals surface area (Å²) in [6, 6.07) is 12.9. The van der Waals surface area contributed by atoms with Gasteiger partial charge in [0.1, 0.15) is 6.61 Å². The van der Waals surface area contributed by atoms with Gasteiger partial charge in [-0.15, -0.1) is 0 Å². The molecule has 0 bridgehead atoms. The molecule has 0 aliphatic heterocycles. The molecule has 24 heavy (non-hydrogen) atoms. The largest absolute Gasteiger partial charge is 0.490 e. The van der Waals surface area contributed by atoms with Gasteiger partial charge in [-0.25, -0.2) is 0 Å². The number of hydrogen-bond donors (Lipinski definition) is 1. The van der Waals surface area contributed by atoms with Crippen molar-refractivity contribution < 1.29 is 9.47 Å². The van der Waals surface area contributed by atoms with Crippen molar-refractivity contribution in [2.45, 2.75) is 45.9 Å². The molecule has 1 N–H and O–H groups in total. The molecule has 0 amide bonds. The van der Waals surface area contributed by atoms with Crippen LogP contribution in [-0.2, 0) is 13.2 Å². The summed E-state index contributed by atoms with van der Waals surface area (Å²) in [4.78, 5) is 0. The van der Waals surface area contributed by atoms with Crippen molar-refractivity contribution in [2.75, 3.05) is 6.61 Å². The minimum Gasteiger partial charge on any atom is -0.490 e. The van der Waals surface area contributed by atoms with Crippen LogP contribution in [0.15, 0.2) is 36.4 Å². The van der Waals surface area contributed by atoms with E-state index in [2.05, 4.69) is 36.5 Å². The summed E-state index contributed by atoms with van der Waals surface area (Å²) in [7, 11) is 0. The average Bonchev–Trinajstić information content (AvgIpc) is 3.38. The number of benzene rings is 2. The molecular formula is C20H24ClNO2. The first-order chi connectivity index (χ1) is 11.7. The van der Waals surface area contributed by atoms with Crippen LogP contribution >= 0.6 is 11.6 Å². The first-order valence-corrected chi connectivity index (χ1v) is 8.90. The van der Waals surface area contributed by atoms with Crippen LogP contribution in [0.2, 0.25) is 5.02 Å². The third kappa shape index (κ3) is 4.65. The molecule has 1 fully saturated rings. The van der Waals surface area contributed by atoms with Gasteiger partial charge in [0.15, 0.2) is 11.5 Å². The van der Waals surface area contributed by atoms with E-state index in [0.717, 1.165) is 17.7 Å². The summed E-state index contributed by atoms with van der Waals surface area (Å²) in [5.41, 5.74) is 3.47. The molecule has 128 valence electrons. The van der Waals surface area contributed by atoms with Crippen LogP contribution in [0.1, 0.15) is 36.5 Å². The van der Waals surface area contributed by atoms with E-state index in [1.165, 1.54) is 18.4 Å². The zero-order valence-corrected chi connectivity index (χ0v) is 15.0. The molecule has 1 aliphatic carbocycles. The quantitative estimate of drug-likeness (QED) is 0.739. The summed E-state index contributed by atoms with van der Waals surface area (Å²) in [6.45, 7) is 5.90. The number of halogens is 1. The topological polar surface area (TPSA) is 30.5 Å². The standard InChI is InChI=1S/C20H24ClNO2/c1-3-23-19-11-16(12-22-17-8-9-17)10-18(21)20(19)24-13-15-6-4-14(2)5-7-15/h4-7,10-11,17,22H,3,8-9,12-13H2,1-2H3. The molecular weight excluding hydrogens is 322 g/mol. The lowest BCUT2D eigenvalue weighted by molar-refractivity contribution is 0.269. The maximum absolute atomic E-state index is 6.46. The van der Waals surface area contributed by atoms with Crippen LogP contribution in [0.3, 0.4) is 0 Å². The van der Waals surface area contributed by atoms with Crippen LogP contribution in [0.4, 0.5) is 0 Å². The van der Waals surface area contributed by atoms with Crippen molar-refractivity contribution >= 4 is 11.6 Å². The number of aryl methyl sites for hydroxylation is 1. The highest BCUT2D eigenvalue weighted by Crippen LogP contribution is 2.37. The zero-order valence-electron chi connectivity index (χ0n) is 14.3. The molecule has 3 rings (SSSR count). The van der Waals surface area contributed by atoms with Crippen molar-refractivity contribution in [3.8, 4) is 11.5 Å². The van der Waals surface area contributed by atoms with E-state index in [1.54, 1.807) is 0 Å². The molecule has 0 radical (unpaired) electrons. The Morgan fingerprint density at radius 1 is 1.08 bits per heavy atom. The monoisotopic (exact) mass is 345 g/mol. The second-order valence-corrected chi connectivity index (χ2v) is 6.67. The zero-order chi connectivity index (χ0) is 16.9. The Hall–Kier alpha value is -1.71. The number of ether oxygens (including phenoxy) is 2. The van der Waals surface area contributed by atoms with Crippen LogP contribution in [-0.4, -0.2) is 12.6 Å². The van der Waals surface area contributed by atoms with Gasteiger partial charge in [-0.3, -0.25) is 0 Å². The smallest absolute Gasteiger partial charge is 0.180 e. The van der Waals surface area contributed by atoms with E-state index >= 15 is 0 Å². The Morgan fingerprint density at radius 2 is 1.83 bits per heavy atom. The predicted octanol–water partition coefficient (Wildman–Crippen LogP) is 4.88. The van der Waals surface area contributed by atoms with E-state index in [9.17, 15) is 0 Å². The normalized spacial score (nSPS) is 13.8. The molecule has 2 aromatic rings. The summed E-state index contributed by atoms with van der Waals surface area (Å²) in [5.74, 6) is 1.33. The van der Waals surface area contributed by atoms with Gasteiger partial charge in [-0.05, 0) is 49.9 Å². The highest BCUT2D eigenvalue weighted by Gasteiger charge is 2.20. The Morgan fingerprint density at radius 3 is 2.50 bits per heavy atom. The van der Waals surface area contributed by atoms with E-state index in [0.29, 0.717) is 35.8 Å². The second kappa shape index (κ2) is 7.91. The Labute approximate surface area is 148 Å². The van der Waals surface area contributed by atoms with Crippen LogP contribution in [0.5, 0.6) is 11.5 Å². The molecule has 2 aromatic carbocycles. The van der Waals surface area contributed by atoms with Crippen molar-refractivity contribution in [3.63, 3.8) is 0 Å². The van der Waals surface area contributed by atoms with Gasteiger partial charge in [0.25, 0.3) is 0 Å². The van der Waals surface area contributed by atoms with Crippen molar-refractivity contribution in [2.24, 2.45) is 0 Å². The Bertz CT molecular complexity index is 681. The summed E-state index contributed by atoms with van der Waals surface area (Å²) in [5, 5.41) is 4.09. The molecule has 3 nitrogen and oxygen atoms in total. The number of rotatable bonds is 8. The lowest BCUT2D eigenvalue weighted by atomic mass is 10.1. The average molecular weight is 346 g/mol. The van der Waals surface area contributed by atoms with E-state index in [4.69, 9.17) is 21.1 Å². The fourth-order valence-corrected chi connectivity index (χ4v) is 2.80. The van der Waals surface area contributed by atoms with Gasteiger partial charge in [-0.2, -0.15) is 0 Å². The Balaban J connectivity index is 1.72. The maximum Gasteiger partial charge on any atom is 0.180 e. The van der Waals surface area contributed by atoms with E-state index in [1.807, 2.05) is 19.1 Å². The van der Waals surface area contributed by atoms with Gasteiger partial charge >= 0.3 is 0 Å². The molecule has 0 spiro atoms. The molecule has 0 atom stereocenters. The van der Waals surface area contributed by atoms with Crippen LogP contribution in [0, 0.1) is 6.92 Å². The fourth-order valence-electron chi connectivity index (χ4n) is 2.52. The minimum atomic E-state index is 0.472. The van der Waals surface area contributed by atoms with E-state index < -0.39 is 0 Å². The third-order valence-corrected chi connectivity index (χ3v) is 4.33. The Kier molecular flexibility index (Phi) is 5.64. The van der Waals surface area contributed by atoms with Crippen LogP contribution in [0.25, 0.3) is 0 Å². The molecule has 0 unspecified atom stereocenters. The van der Waals surface area contributed by atoms with Gasteiger partial charge in [-0.1, -0.05) is 41.4 Å². The lowest BCUT2D eigenvalue weighted by Gasteiger charge is -2.16. The second-order valence-electron chi connectivity index (χ2n) is 6.27. The molecule has 0 heterocycles. The predicted molar refractivity (Wildman–Crippen MR) is 98.0 cm³/mol. The van der Waals surface area contributed by atoms with E-state index in [-0.39, 0.29) is 0 Å². The summed E-state index contributed by atoms with van der Waals surface area (Å²) < 4.78 is 11.7. The van der Waals surface area contributed by atoms with Crippen molar-refractivity contribution in [3.05, 3.63) is 58.1 Å². The molecule has 1 aliphatic rings. The van der Waals surface area contributed by atoms with Gasteiger partial charge < -0.3 is 14.8 Å². The van der Waals surface area contributed by atoms with Crippen molar-refractivity contribution in [1.82, 2.24) is 5.32 Å². The van der Waals surface area contributed by atoms with Crippen LogP contribution < -0.4 is 14.8 Å². The molecule has 0 aromatic heterocycles. The first kappa shape index (κ1) is 17.1. The lowest BCUT2D eigenvalue weighted by Crippen LogP contribution is -2.15. The minimum absolute atomic E-state index is 0.472. The SMILES string of the molecule is CCOc1cc(CNC2CC2)cc(Cl)c1OCc1ccc(C)cc1. The van der Waals surface area contributed by atoms with Crippen molar-refractivity contribution in [1.29, 1.82) is 0 Å². The molecule has 4 heteroatoms. The van der Waals surface area contributed by atoms with Gasteiger partial charge in [0.05, 0.1) is 11.6 Å². The highest BCUT2D eigenvalue weighted by molar-refractivity contribution is 6.32. The third-order valence-electron chi connectivity index (χ3n) is 4.05.